The number of piperidine rings is 1. The van der Waals surface area contributed by atoms with E-state index < -0.39 is 0 Å². The van der Waals surface area contributed by atoms with Crippen LogP contribution in [0.5, 0.6) is 5.75 Å². The van der Waals surface area contributed by atoms with Crippen molar-refractivity contribution in [1.82, 2.24) is 9.88 Å². The predicted molar refractivity (Wildman–Crippen MR) is 77.6 cm³/mol. The summed E-state index contributed by atoms with van der Waals surface area (Å²) in [6.07, 6.45) is 3.78. The molecular formula is C16H17N3O. The minimum absolute atomic E-state index is 0.184. The molecule has 1 saturated heterocycles. The lowest BCUT2D eigenvalue weighted by atomic mass is 10.1. The van der Waals surface area contributed by atoms with Gasteiger partial charge < -0.3 is 9.64 Å². The number of fused-ring (bicyclic) bond motifs is 1. The lowest BCUT2D eigenvalue weighted by Crippen LogP contribution is -2.35. The molecule has 1 aliphatic rings. The molecule has 0 bridgehead atoms. The highest BCUT2D eigenvalue weighted by molar-refractivity contribution is 5.87. The molecule has 3 rings (SSSR count). The van der Waals surface area contributed by atoms with Crippen LogP contribution < -0.4 is 4.74 Å². The fraction of sp³-hybridized carbons (Fsp3) is 0.375. The molecule has 0 radical (unpaired) electrons. The van der Waals surface area contributed by atoms with Crippen LogP contribution in [0.2, 0.25) is 0 Å². The maximum atomic E-state index is 9.27. The average Bonchev–Trinajstić information content (AvgIpc) is 2.50. The summed E-state index contributed by atoms with van der Waals surface area (Å²) in [5.74, 6) is 0.688. The molecule has 0 aliphatic carbocycles. The molecule has 0 saturated carbocycles. The van der Waals surface area contributed by atoms with Gasteiger partial charge in [-0.2, -0.15) is 5.26 Å². The third-order valence-corrected chi connectivity index (χ3v) is 3.80. The zero-order valence-corrected chi connectivity index (χ0v) is 11.5. The quantitative estimate of drug-likeness (QED) is 0.839. The first kappa shape index (κ1) is 12.9. The number of aromatic nitrogens is 1. The van der Waals surface area contributed by atoms with Gasteiger partial charge in [-0.15, -0.1) is 0 Å². The molecule has 4 nitrogen and oxygen atoms in total. The van der Waals surface area contributed by atoms with E-state index in [0.29, 0.717) is 11.3 Å². The highest BCUT2D eigenvalue weighted by Gasteiger charge is 2.20. The summed E-state index contributed by atoms with van der Waals surface area (Å²) in [6, 6.07) is 9.99. The number of hydrogen-bond donors (Lipinski definition) is 0. The van der Waals surface area contributed by atoms with Crippen molar-refractivity contribution in [2.24, 2.45) is 0 Å². The van der Waals surface area contributed by atoms with Crippen LogP contribution >= 0.6 is 0 Å². The van der Waals surface area contributed by atoms with Crippen LogP contribution in [-0.2, 0) is 0 Å². The molecule has 2 heterocycles. The Balaban J connectivity index is 1.95. The summed E-state index contributed by atoms with van der Waals surface area (Å²) >= 11 is 0. The Kier molecular flexibility index (Phi) is 3.53. The van der Waals surface area contributed by atoms with Crippen molar-refractivity contribution in [3.8, 4) is 11.8 Å². The van der Waals surface area contributed by atoms with Crippen LogP contribution in [-0.4, -0.2) is 36.1 Å². The van der Waals surface area contributed by atoms with Gasteiger partial charge in [-0.05, 0) is 32.0 Å². The third kappa shape index (κ3) is 2.45. The predicted octanol–water partition coefficient (Wildman–Crippen LogP) is 2.58. The van der Waals surface area contributed by atoms with E-state index in [9.17, 15) is 5.26 Å². The first-order valence-corrected chi connectivity index (χ1v) is 6.91. The van der Waals surface area contributed by atoms with Gasteiger partial charge in [-0.1, -0.05) is 12.1 Å². The standard InChI is InChI=1S/C16H17N3O/c1-19-8-6-13(7-9-19)20-16-12(10-17)11-18-15-5-3-2-4-14(15)16/h2-5,11,13H,6-9H2,1H3. The van der Waals surface area contributed by atoms with Gasteiger partial charge in [0.25, 0.3) is 0 Å². The Morgan fingerprint density at radius 3 is 2.80 bits per heavy atom. The van der Waals surface area contributed by atoms with E-state index in [0.717, 1.165) is 36.8 Å². The van der Waals surface area contributed by atoms with Crippen molar-refractivity contribution in [2.45, 2.75) is 18.9 Å². The van der Waals surface area contributed by atoms with Gasteiger partial charge in [0, 0.05) is 24.7 Å². The van der Waals surface area contributed by atoms with Crippen molar-refractivity contribution in [3.63, 3.8) is 0 Å². The van der Waals surface area contributed by atoms with Crippen LogP contribution in [0.4, 0.5) is 0 Å². The number of ether oxygens (including phenoxy) is 1. The Labute approximate surface area is 118 Å². The van der Waals surface area contributed by atoms with Crippen LogP contribution in [0.25, 0.3) is 10.9 Å². The van der Waals surface area contributed by atoms with Crippen molar-refractivity contribution in [3.05, 3.63) is 36.0 Å². The van der Waals surface area contributed by atoms with E-state index >= 15 is 0 Å². The average molecular weight is 267 g/mol. The highest BCUT2D eigenvalue weighted by atomic mass is 16.5. The second-order valence-electron chi connectivity index (χ2n) is 5.25. The van der Waals surface area contributed by atoms with Crippen molar-refractivity contribution in [1.29, 1.82) is 5.26 Å². The molecule has 0 unspecified atom stereocenters. The number of pyridine rings is 1. The van der Waals surface area contributed by atoms with Crippen LogP contribution in [0.15, 0.2) is 30.5 Å². The van der Waals surface area contributed by atoms with Gasteiger partial charge in [0.2, 0.25) is 0 Å². The van der Waals surface area contributed by atoms with Gasteiger partial charge in [0.05, 0.1) is 5.52 Å². The third-order valence-electron chi connectivity index (χ3n) is 3.80. The van der Waals surface area contributed by atoms with E-state index in [1.807, 2.05) is 24.3 Å². The molecule has 0 amide bonds. The lowest BCUT2D eigenvalue weighted by Gasteiger charge is -2.29. The molecular weight excluding hydrogens is 250 g/mol. The summed E-state index contributed by atoms with van der Waals surface area (Å²) in [6.45, 7) is 2.07. The zero-order chi connectivity index (χ0) is 13.9. The second-order valence-corrected chi connectivity index (χ2v) is 5.25. The first-order valence-electron chi connectivity index (χ1n) is 6.91. The van der Waals surface area contributed by atoms with Gasteiger partial charge >= 0.3 is 0 Å². The monoisotopic (exact) mass is 267 g/mol. The van der Waals surface area contributed by atoms with E-state index in [1.54, 1.807) is 6.20 Å². The molecule has 4 heteroatoms. The van der Waals surface area contributed by atoms with Crippen molar-refractivity contribution < 1.29 is 4.74 Å². The molecule has 102 valence electrons. The number of benzene rings is 1. The fourth-order valence-electron chi connectivity index (χ4n) is 2.59. The molecule has 0 atom stereocenters. The SMILES string of the molecule is CN1CCC(Oc2c(C#N)cnc3ccccc23)CC1. The highest BCUT2D eigenvalue weighted by Crippen LogP contribution is 2.30. The maximum absolute atomic E-state index is 9.27. The minimum atomic E-state index is 0.184. The Bertz CT molecular complexity index is 654. The number of para-hydroxylation sites is 1. The largest absolute Gasteiger partial charge is 0.488 e. The maximum Gasteiger partial charge on any atom is 0.148 e. The molecule has 1 aromatic carbocycles. The lowest BCUT2D eigenvalue weighted by molar-refractivity contribution is 0.115. The van der Waals surface area contributed by atoms with Crippen molar-refractivity contribution in [2.75, 3.05) is 20.1 Å². The van der Waals surface area contributed by atoms with E-state index in [1.165, 1.54) is 0 Å². The number of likely N-dealkylation sites (tertiary alicyclic amines) is 1. The normalized spacial score (nSPS) is 17.0. The summed E-state index contributed by atoms with van der Waals surface area (Å²) in [5.41, 5.74) is 1.39. The topological polar surface area (TPSA) is 49.1 Å². The number of nitrogens with zero attached hydrogens (tertiary/aromatic N) is 3. The second kappa shape index (κ2) is 5.48. The molecule has 1 aromatic heterocycles. The van der Waals surface area contributed by atoms with Gasteiger partial charge in [-0.3, -0.25) is 4.98 Å². The van der Waals surface area contributed by atoms with Crippen molar-refractivity contribution >= 4 is 10.9 Å². The Morgan fingerprint density at radius 1 is 1.30 bits per heavy atom. The zero-order valence-electron chi connectivity index (χ0n) is 11.5. The first-order chi connectivity index (χ1) is 9.78. The van der Waals surface area contributed by atoms with Crippen LogP contribution in [0, 0.1) is 11.3 Å². The van der Waals surface area contributed by atoms with Gasteiger partial charge in [0.15, 0.2) is 0 Å². The van der Waals surface area contributed by atoms with E-state index in [2.05, 4.69) is 23.0 Å². The van der Waals surface area contributed by atoms with Crippen LogP contribution in [0.1, 0.15) is 18.4 Å². The number of hydrogen-bond acceptors (Lipinski definition) is 4. The summed E-state index contributed by atoms with van der Waals surface area (Å²) in [4.78, 5) is 6.61. The van der Waals surface area contributed by atoms with E-state index in [4.69, 9.17) is 4.74 Å². The Hall–Kier alpha value is -2.12. The minimum Gasteiger partial charge on any atom is -0.488 e. The fourth-order valence-corrected chi connectivity index (χ4v) is 2.59. The molecule has 20 heavy (non-hydrogen) atoms. The smallest absolute Gasteiger partial charge is 0.148 e. The van der Waals surface area contributed by atoms with Gasteiger partial charge in [0.1, 0.15) is 23.5 Å². The summed E-state index contributed by atoms with van der Waals surface area (Å²) in [5, 5.41) is 10.2. The molecule has 1 fully saturated rings. The molecule has 0 spiro atoms. The van der Waals surface area contributed by atoms with E-state index in [-0.39, 0.29) is 6.10 Å². The van der Waals surface area contributed by atoms with Crippen LogP contribution in [0.3, 0.4) is 0 Å². The molecule has 0 N–H and O–H groups in total. The summed E-state index contributed by atoms with van der Waals surface area (Å²) in [7, 11) is 2.12. The number of nitriles is 1. The molecule has 1 aliphatic heterocycles. The molecule has 2 aromatic rings. The Morgan fingerprint density at radius 2 is 2.05 bits per heavy atom. The summed E-state index contributed by atoms with van der Waals surface area (Å²) < 4.78 is 6.15. The number of rotatable bonds is 2. The van der Waals surface area contributed by atoms with Gasteiger partial charge in [-0.25, -0.2) is 0 Å².